The van der Waals surface area contributed by atoms with Gasteiger partial charge in [-0.1, -0.05) is 6.42 Å². The van der Waals surface area contributed by atoms with E-state index in [-0.39, 0.29) is 29.1 Å². The standard InChI is InChI=1S/C27H27F2N5O4S/c1-14-19-10-15(12-22(24(19)34-27(30)33-14)38-17-6-4-3-5-7-17)16-11-20(26(37-2)32-13-16)18-8-9-21(28)25(23(18)29)39(31,35)36/h8-13,17H,3-7H2,1-2H3,(H2,30,33,34)(H2,31,35,36). The van der Waals surface area contributed by atoms with Crippen molar-refractivity contribution < 1.29 is 26.7 Å². The van der Waals surface area contributed by atoms with Crippen molar-refractivity contribution in [2.75, 3.05) is 12.8 Å². The molecule has 1 aliphatic rings. The molecule has 0 radical (unpaired) electrons. The molecule has 0 spiro atoms. The van der Waals surface area contributed by atoms with E-state index < -0.39 is 26.6 Å². The fraction of sp³-hybridized carbons (Fsp3) is 0.296. The van der Waals surface area contributed by atoms with E-state index in [2.05, 4.69) is 15.0 Å². The minimum atomic E-state index is -4.68. The Morgan fingerprint density at radius 1 is 1.00 bits per heavy atom. The van der Waals surface area contributed by atoms with Gasteiger partial charge in [-0.2, -0.15) is 0 Å². The highest BCUT2D eigenvalue weighted by molar-refractivity contribution is 7.89. The average Bonchev–Trinajstić information content (AvgIpc) is 2.88. The maximum atomic E-state index is 15.4. The summed E-state index contributed by atoms with van der Waals surface area (Å²) in [5.74, 6) is -1.96. The number of benzene rings is 2. The zero-order valence-corrected chi connectivity index (χ0v) is 22.2. The molecule has 9 nitrogen and oxygen atoms in total. The van der Waals surface area contributed by atoms with Crippen molar-refractivity contribution in [1.29, 1.82) is 0 Å². The van der Waals surface area contributed by atoms with E-state index >= 15 is 4.39 Å². The predicted octanol–water partition coefficient (Wildman–Crippen LogP) is 4.90. The van der Waals surface area contributed by atoms with Gasteiger partial charge >= 0.3 is 0 Å². The van der Waals surface area contributed by atoms with E-state index in [1.165, 1.54) is 19.7 Å². The molecule has 0 amide bonds. The van der Waals surface area contributed by atoms with Gasteiger partial charge in [-0.25, -0.2) is 37.3 Å². The van der Waals surface area contributed by atoms with Crippen LogP contribution in [0.4, 0.5) is 14.7 Å². The van der Waals surface area contributed by atoms with Gasteiger partial charge in [0.2, 0.25) is 21.9 Å². The van der Waals surface area contributed by atoms with Crippen LogP contribution in [0.15, 0.2) is 41.4 Å². The molecule has 39 heavy (non-hydrogen) atoms. The van der Waals surface area contributed by atoms with Crippen LogP contribution < -0.4 is 20.3 Å². The summed E-state index contributed by atoms with van der Waals surface area (Å²) in [6.07, 6.45) is 6.74. The van der Waals surface area contributed by atoms with Crippen molar-refractivity contribution in [3.63, 3.8) is 0 Å². The number of hydrogen-bond acceptors (Lipinski definition) is 8. The average molecular weight is 556 g/mol. The zero-order chi connectivity index (χ0) is 27.9. The van der Waals surface area contributed by atoms with Gasteiger partial charge in [-0.3, -0.25) is 0 Å². The van der Waals surface area contributed by atoms with Crippen molar-refractivity contribution in [3.8, 4) is 33.9 Å². The van der Waals surface area contributed by atoms with Crippen LogP contribution in [0.3, 0.4) is 0 Å². The summed E-state index contributed by atoms with van der Waals surface area (Å²) in [6, 6.07) is 7.19. The summed E-state index contributed by atoms with van der Waals surface area (Å²) in [5.41, 5.74) is 8.25. The Morgan fingerprint density at radius 3 is 2.44 bits per heavy atom. The highest BCUT2D eigenvalue weighted by atomic mass is 32.2. The number of anilines is 1. The number of fused-ring (bicyclic) bond motifs is 1. The number of sulfonamides is 1. The summed E-state index contributed by atoms with van der Waals surface area (Å²) >= 11 is 0. The normalized spacial score (nSPS) is 14.5. The van der Waals surface area contributed by atoms with Crippen LogP contribution >= 0.6 is 0 Å². The Hall–Kier alpha value is -3.90. The summed E-state index contributed by atoms with van der Waals surface area (Å²) in [5, 5.41) is 5.80. The van der Waals surface area contributed by atoms with Crippen LogP contribution in [0, 0.1) is 18.6 Å². The molecule has 0 atom stereocenters. The Balaban J connectivity index is 1.69. The molecule has 0 saturated heterocycles. The maximum absolute atomic E-state index is 15.4. The molecule has 4 N–H and O–H groups in total. The first kappa shape index (κ1) is 26.7. The number of methoxy groups -OCH3 is 1. The van der Waals surface area contributed by atoms with Crippen LogP contribution in [0.5, 0.6) is 11.6 Å². The lowest BCUT2D eigenvalue weighted by Crippen LogP contribution is -2.20. The topological polar surface area (TPSA) is 143 Å². The molecule has 0 unspecified atom stereocenters. The van der Waals surface area contributed by atoms with Gasteiger partial charge in [-0.05, 0) is 68.5 Å². The maximum Gasteiger partial charge on any atom is 0.243 e. The number of aryl methyl sites for hydroxylation is 1. The van der Waals surface area contributed by atoms with E-state index in [0.717, 1.165) is 37.8 Å². The first-order valence-corrected chi connectivity index (χ1v) is 13.9. The van der Waals surface area contributed by atoms with Crippen LogP contribution in [0.25, 0.3) is 33.2 Å². The SMILES string of the molecule is COc1ncc(-c2cc(OC3CCCCC3)c3nc(N)nc(C)c3c2)cc1-c1ccc(F)c(S(N)(=O)=O)c1F. The van der Waals surface area contributed by atoms with Crippen LogP contribution in [0.2, 0.25) is 0 Å². The van der Waals surface area contributed by atoms with Crippen LogP contribution in [-0.2, 0) is 10.0 Å². The highest BCUT2D eigenvalue weighted by Gasteiger charge is 2.26. The number of hydrogen-bond donors (Lipinski definition) is 2. The second-order valence-electron chi connectivity index (χ2n) is 9.48. The van der Waals surface area contributed by atoms with Crippen molar-refractivity contribution >= 4 is 26.9 Å². The summed E-state index contributed by atoms with van der Waals surface area (Å²) < 4.78 is 65.1. The van der Waals surface area contributed by atoms with Gasteiger partial charge in [0.05, 0.1) is 18.9 Å². The number of nitrogens with zero attached hydrogens (tertiary/aromatic N) is 3. The van der Waals surface area contributed by atoms with Gasteiger partial charge in [-0.15, -0.1) is 0 Å². The third-order valence-corrected chi connectivity index (χ3v) is 7.76. The second kappa shape index (κ2) is 10.3. The molecule has 0 aliphatic heterocycles. The van der Waals surface area contributed by atoms with Crippen LogP contribution in [-0.4, -0.2) is 36.6 Å². The van der Waals surface area contributed by atoms with Gasteiger partial charge in [0.25, 0.3) is 0 Å². The molecule has 2 aromatic carbocycles. The number of pyridine rings is 1. The Morgan fingerprint density at radius 2 is 1.74 bits per heavy atom. The monoisotopic (exact) mass is 555 g/mol. The van der Waals surface area contributed by atoms with Gasteiger partial charge in [0.15, 0.2) is 10.7 Å². The number of nitrogen functional groups attached to an aromatic ring is 1. The number of ether oxygens (including phenoxy) is 2. The van der Waals surface area contributed by atoms with E-state index in [4.69, 9.17) is 20.3 Å². The van der Waals surface area contributed by atoms with Crippen molar-refractivity contribution in [2.24, 2.45) is 5.14 Å². The fourth-order valence-electron chi connectivity index (χ4n) is 4.96. The molecule has 2 heterocycles. The van der Waals surface area contributed by atoms with Gasteiger partial charge in [0, 0.05) is 28.3 Å². The molecule has 1 aliphatic carbocycles. The predicted molar refractivity (Wildman–Crippen MR) is 143 cm³/mol. The van der Waals surface area contributed by atoms with E-state index in [9.17, 15) is 12.8 Å². The van der Waals surface area contributed by atoms with Gasteiger partial charge in [0.1, 0.15) is 17.1 Å². The lowest BCUT2D eigenvalue weighted by atomic mass is 9.97. The first-order chi connectivity index (χ1) is 18.6. The van der Waals surface area contributed by atoms with Crippen molar-refractivity contribution in [2.45, 2.75) is 50.0 Å². The van der Waals surface area contributed by atoms with E-state index in [1.54, 1.807) is 6.07 Å². The Labute approximate surface area is 224 Å². The van der Waals surface area contributed by atoms with E-state index in [0.29, 0.717) is 33.5 Å². The molecule has 1 fully saturated rings. The second-order valence-corrected chi connectivity index (χ2v) is 11.0. The van der Waals surface area contributed by atoms with Crippen molar-refractivity contribution in [3.05, 3.63) is 53.9 Å². The number of nitrogens with two attached hydrogens (primary N) is 2. The van der Waals surface area contributed by atoms with E-state index in [1.807, 2.05) is 19.1 Å². The third kappa shape index (κ3) is 5.21. The molecular formula is C27H27F2N5O4S. The minimum Gasteiger partial charge on any atom is -0.488 e. The molecule has 0 bridgehead atoms. The number of halogens is 2. The molecule has 12 heteroatoms. The quantitative estimate of drug-likeness (QED) is 0.342. The summed E-state index contributed by atoms with van der Waals surface area (Å²) in [6.45, 7) is 1.81. The van der Waals surface area contributed by atoms with Crippen LogP contribution in [0.1, 0.15) is 37.8 Å². The molecule has 5 rings (SSSR count). The molecule has 2 aromatic heterocycles. The lowest BCUT2D eigenvalue weighted by molar-refractivity contribution is 0.157. The number of primary sulfonamides is 1. The largest absolute Gasteiger partial charge is 0.488 e. The highest BCUT2D eigenvalue weighted by Crippen LogP contribution is 2.39. The number of aromatic nitrogens is 3. The summed E-state index contributed by atoms with van der Waals surface area (Å²) in [4.78, 5) is 11.8. The lowest BCUT2D eigenvalue weighted by Gasteiger charge is -2.24. The summed E-state index contributed by atoms with van der Waals surface area (Å²) in [7, 11) is -3.34. The smallest absolute Gasteiger partial charge is 0.243 e. The van der Waals surface area contributed by atoms with Gasteiger partial charge < -0.3 is 15.2 Å². The fourth-order valence-corrected chi connectivity index (χ4v) is 5.66. The number of rotatable bonds is 6. The zero-order valence-electron chi connectivity index (χ0n) is 21.4. The molecule has 204 valence electrons. The molecule has 1 saturated carbocycles. The first-order valence-electron chi connectivity index (χ1n) is 12.4. The molecular weight excluding hydrogens is 528 g/mol. The Kier molecular flexibility index (Phi) is 7.08. The Bertz CT molecular complexity index is 1690. The molecule has 4 aromatic rings. The van der Waals surface area contributed by atoms with Crippen molar-refractivity contribution in [1.82, 2.24) is 15.0 Å². The minimum absolute atomic E-state index is 0.0105. The third-order valence-electron chi connectivity index (χ3n) is 6.82.